The van der Waals surface area contributed by atoms with Gasteiger partial charge in [-0.25, -0.2) is 14.1 Å². The van der Waals surface area contributed by atoms with E-state index in [1.54, 1.807) is 23.1 Å². The van der Waals surface area contributed by atoms with Crippen molar-refractivity contribution in [2.24, 2.45) is 0 Å². The van der Waals surface area contributed by atoms with Crippen LogP contribution in [0.1, 0.15) is 11.1 Å². The molecule has 0 spiro atoms. The summed E-state index contributed by atoms with van der Waals surface area (Å²) in [5.74, 6) is 0.110. The van der Waals surface area contributed by atoms with Crippen molar-refractivity contribution in [2.45, 2.75) is 13.5 Å². The minimum absolute atomic E-state index is 0.295. The van der Waals surface area contributed by atoms with E-state index >= 15 is 0 Å². The standard InChI is InChI=1S/C17H16FN5S/c1-12-4-2-3-5-13(12)10-23-11-19-16(22-23)21-17(24)20-15-8-6-14(18)7-9-15/h2-9,11H,10H2,1H3,(H2,20,21,22,24). The molecule has 3 rings (SSSR count). The summed E-state index contributed by atoms with van der Waals surface area (Å²) < 4.78 is 14.6. The second-order valence-corrected chi connectivity index (χ2v) is 5.69. The van der Waals surface area contributed by atoms with Crippen LogP contribution >= 0.6 is 12.2 Å². The van der Waals surface area contributed by atoms with Crippen molar-refractivity contribution in [3.63, 3.8) is 0 Å². The summed E-state index contributed by atoms with van der Waals surface area (Å²) >= 11 is 5.21. The highest BCUT2D eigenvalue weighted by atomic mass is 32.1. The number of halogens is 1. The fourth-order valence-electron chi connectivity index (χ4n) is 2.19. The van der Waals surface area contributed by atoms with Crippen LogP contribution < -0.4 is 10.6 Å². The van der Waals surface area contributed by atoms with Crippen molar-refractivity contribution in [2.75, 3.05) is 10.6 Å². The molecule has 0 aliphatic heterocycles. The van der Waals surface area contributed by atoms with E-state index in [0.717, 1.165) is 0 Å². The summed E-state index contributed by atoms with van der Waals surface area (Å²) in [5, 5.41) is 10.6. The highest BCUT2D eigenvalue weighted by molar-refractivity contribution is 7.80. The summed E-state index contributed by atoms with van der Waals surface area (Å²) in [4.78, 5) is 4.19. The first-order valence-electron chi connectivity index (χ1n) is 7.38. The number of hydrogen-bond acceptors (Lipinski definition) is 3. The van der Waals surface area contributed by atoms with Crippen LogP contribution in [0.4, 0.5) is 16.0 Å². The monoisotopic (exact) mass is 341 g/mol. The van der Waals surface area contributed by atoms with E-state index in [1.165, 1.54) is 23.3 Å². The van der Waals surface area contributed by atoms with Crippen molar-refractivity contribution in [3.8, 4) is 0 Å². The summed E-state index contributed by atoms with van der Waals surface area (Å²) in [6.07, 6.45) is 1.65. The molecule has 0 fully saturated rings. The third-order valence-electron chi connectivity index (χ3n) is 3.46. The maximum absolute atomic E-state index is 12.9. The van der Waals surface area contributed by atoms with E-state index in [0.29, 0.717) is 23.3 Å². The number of hydrogen-bond donors (Lipinski definition) is 2. The van der Waals surface area contributed by atoms with Gasteiger partial charge in [-0.05, 0) is 54.5 Å². The molecule has 2 N–H and O–H groups in total. The van der Waals surface area contributed by atoms with Crippen molar-refractivity contribution in [1.82, 2.24) is 14.8 Å². The summed E-state index contributed by atoms with van der Waals surface area (Å²) in [6, 6.07) is 14.1. The third-order valence-corrected chi connectivity index (χ3v) is 3.66. The van der Waals surface area contributed by atoms with Crippen molar-refractivity contribution < 1.29 is 4.39 Å². The lowest BCUT2D eigenvalue weighted by Gasteiger charge is -2.08. The molecule has 5 nitrogen and oxygen atoms in total. The van der Waals surface area contributed by atoms with Gasteiger partial charge in [0, 0.05) is 5.69 Å². The minimum Gasteiger partial charge on any atom is -0.332 e. The predicted molar refractivity (Wildman–Crippen MR) is 96.5 cm³/mol. The molecule has 122 valence electrons. The molecule has 0 aliphatic rings. The Labute approximate surface area is 144 Å². The van der Waals surface area contributed by atoms with E-state index in [-0.39, 0.29) is 5.82 Å². The molecule has 2 aromatic carbocycles. The lowest BCUT2D eigenvalue weighted by molar-refractivity contribution is 0.628. The number of rotatable bonds is 4. The molecular formula is C17H16FN5S. The molecule has 0 unspecified atom stereocenters. The van der Waals surface area contributed by atoms with Crippen LogP contribution in [0.3, 0.4) is 0 Å². The van der Waals surface area contributed by atoms with Crippen LogP contribution in [0, 0.1) is 12.7 Å². The van der Waals surface area contributed by atoms with E-state index in [9.17, 15) is 4.39 Å². The first-order valence-corrected chi connectivity index (χ1v) is 7.78. The zero-order valence-electron chi connectivity index (χ0n) is 13.0. The Balaban J connectivity index is 1.60. The van der Waals surface area contributed by atoms with Crippen LogP contribution in [-0.4, -0.2) is 19.9 Å². The van der Waals surface area contributed by atoms with Gasteiger partial charge < -0.3 is 5.32 Å². The van der Waals surface area contributed by atoms with Gasteiger partial charge in [0.05, 0.1) is 6.54 Å². The topological polar surface area (TPSA) is 54.8 Å². The average Bonchev–Trinajstić information content (AvgIpc) is 2.99. The number of aryl methyl sites for hydroxylation is 1. The van der Waals surface area contributed by atoms with Gasteiger partial charge in [0.1, 0.15) is 12.1 Å². The van der Waals surface area contributed by atoms with Gasteiger partial charge in [-0.15, -0.1) is 5.10 Å². The van der Waals surface area contributed by atoms with Crippen molar-refractivity contribution in [1.29, 1.82) is 0 Å². The molecular weight excluding hydrogens is 325 g/mol. The fourth-order valence-corrected chi connectivity index (χ4v) is 2.40. The second-order valence-electron chi connectivity index (χ2n) is 5.28. The molecule has 7 heteroatoms. The van der Waals surface area contributed by atoms with Gasteiger partial charge in [0.15, 0.2) is 5.11 Å². The van der Waals surface area contributed by atoms with Gasteiger partial charge in [-0.1, -0.05) is 24.3 Å². The number of nitrogens with one attached hydrogen (secondary N) is 2. The van der Waals surface area contributed by atoms with E-state index in [1.807, 2.05) is 12.1 Å². The molecule has 0 atom stereocenters. The zero-order valence-corrected chi connectivity index (χ0v) is 13.8. The van der Waals surface area contributed by atoms with Gasteiger partial charge >= 0.3 is 0 Å². The van der Waals surface area contributed by atoms with Crippen molar-refractivity contribution in [3.05, 3.63) is 71.8 Å². The summed E-state index contributed by atoms with van der Waals surface area (Å²) in [7, 11) is 0. The van der Waals surface area contributed by atoms with Gasteiger partial charge in [0.2, 0.25) is 5.95 Å². The zero-order chi connectivity index (χ0) is 16.9. The van der Waals surface area contributed by atoms with E-state index in [2.05, 4.69) is 39.8 Å². The molecule has 0 amide bonds. The number of nitrogens with zero attached hydrogens (tertiary/aromatic N) is 3. The second kappa shape index (κ2) is 7.18. The first kappa shape index (κ1) is 16.1. The maximum atomic E-state index is 12.9. The lowest BCUT2D eigenvalue weighted by atomic mass is 10.1. The lowest BCUT2D eigenvalue weighted by Crippen LogP contribution is -2.20. The Morgan fingerprint density at radius 2 is 1.88 bits per heavy atom. The fraction of sp³-hybridized carbons (Fsp3) is 0.118. The van der Waals surface area contributed by atoms with Crippen LogP contribution in [0.5, 0.6) is 0 Å². The maximum Gasteiger partial charge on any atom is 0.248 e. The Kier molecular flexibility index (Phi) is 4.81. The van der Waals surface area contributed by atoms with Crippen LogP contribution in [0.2, 0.25) is 0 Å². The van der Waals surface area contributed by atoms with Gasteiger partial charge in [-0.3, -0.25) is 5.32 Å². The SMILES string of the molecule is Cc1ccccc1Cn1cnc(NC(=S)Nc2ccc(F)cc2)n1. The van der Waals surface area contributed by atoms with Gasteiger partial charge in [-0.2, -0.15) is 0 Å². The molecule has 1 aromatic heterocycles. The normalized spacial score (nSPS) is 10.4. The van der Waals surface area contributed by atoms with E-state index < -0.39 is 0 Å². The molecule has 0 saturated heterocycles. The predicted octanol–water partition coefficient (Wildman–Crippen LogP) is 3.58. The highest BCUT2D eigenvalue weighted by Gasteiger charge is 2.05. The van der Waals surface area contributed by atoms with E-state index in [4.69, 9.17) is 12.2 Å². The minimum atomic E-state index is -0.295. The smallest absolute Gasteiger partial charge is 0.248 e. The average molecular weight is 341 g/mol. The quantitative estimate of drug-likeness (QED) is 0.711. The largest absolute Gasteiger partial charge is 0.332 e. The molecule has 1 heterocycles. The molecule has 0 bridgehead atoms. The Bertz CT molecular complexity index is 844. The number of thiocarbonyl (C=S) groups is 1. The molecule has 24 heavy (non-hydrogen) atoms. The number of benzene rings is 2. The van der Waals surface area contributed by atoms with Crippen LogP contribution in [0.25, 0.3) is 0 Å². The molecule has 0 aliphatic carbocycles. The molecule has 0 saturated carbocycles. The number of anilines is 2. The molecule has 3 aromatic rings. The number of aromatic nitrogens is 3. The Morgan fingerprint density at radius 1 is 1.12 bits per heavy atom. The Morgan fingerprint density at radius 3 is 2.62 bits per heavy atom. The first-order chi connectivity index (χ1) is 11.6. The van der Waals surface area contributed by atoms with Gasteiger partial charge in [0.25, 0.3) is 0 Å². The highest BCUT2D eigenvalue weighted by Crippen LogP contribution is 2.10. The van der Waals surface area contributed by atoms with Crippen LogP contribution in [-0.2, 0) is 6.54 Å². The Hall–Kier alpha value is -2.80. The summed E-state index contributed by atoms with van der Waals surface area (Å²) in [6.45, 7) is 2.70. The van der Waals surface area contributed by atoms with Crippen molar-refractivity contribution >= 4 is 29.0 Å². The molecule has 0 radical (unpaired) electrons. The third kappa shape index (κ3) is 4.14. The van der Waals surface area contributed by atoms with Crippen LogP contribution in [0.15, 0.2) is 54.9 Å². The summed E-state index contributed by atoms with van der Waals surface area (Å²) in [5.41, 5.74) is 3.07.